The van der Waals surface area contributed by atoms with Crippen LogP contribution in [0.1, 0.15) is 18.8 Å². The highest BCUT2D eigenvalue weighted by Crippen LogP contribution is 2.20. The van der Waals surface area contributed by atoms with E-state index in [1.807, 2.05) is 41.8 Å². The van der Waals surface area contributed by atoms with Crippen molar-refractivity contribution in [1.29, 1.82) is 0 Å². The Morgan fingerprint density at radius 2 is 2.16 bits per heavy atom. The smallest absolute Gasteiger partial charge is 0.160 e. The number of anilines is 1. The molecule has 1 atom stereocenters. The van der Waals surface area contributed by atoms with Crippen LogP contribution in [0.25, 0.3) is 5.65 Å². The molecule has 6 heteroatoms. The zero-order valence-electron chi connectivity index (χ0n) is 10.3. The minimum absolute atomic E-state index is 0.0356. The predicted octanol–water partition coefficient (Wildman–Crippen LogP) is 3.06. The normalized spacial score (nSPS) is 12.5. The summed E-state index contributed by atoms with van der Waals surface area (Å²) in [5.74, 6) is 0.871. The lowest BCUT2D eigenvalue weighted by Crippen LogP contribution is -2.10. The van der Waals surface area contributed by atoms with Gasteiger partial charge in [-0.1, -0.05) is 6.07 Å². The molecule has 3 aromatic rings. The number of nitrogens with zero attached hydrogens (tertiary/aromatic N) is 4. The molecule has 0 aliphatic carbocycles. The van der Waals surface area contributed by atoms with Crippen LogP contribution in [0.3, 0.4) is 0 Å². The van der Waals surface area contributed by atoms with Gasteiger partial charge >= 0.3 is 0 Å². The number of rotatable bonds is 3. The Kier molecular flexibility index (Phi) is 3.16. The van der Waals surface area contributed by atoms with E-state index >= 15 is 0 Å². The molecule has 19 heavy (non-hydrogen) atoms. The molecule has 0 saturated carbocycles. The van der Waals surface area contributed by atoms with Crippen molar-refractivity contribution < 1.29 is 0 Å². The molecule has 3 heterocycles. The van der Waals surface area contributed by atoms with Crippen LogP contribution in [-0.2, 0) is 0 Å². The number of pyridine rings is 2. The standard InChI is InChI=1S/C13H12BrN5/c1-9(16-11-6-10(14)7-15-8-11)13-18-17-12-4-2-3-5-19(12)13/h2-9,16H,1H3. The van der Waals surface area contributed by atoms with E-state index in [4.69, 9.17) is 0 Å². The molecule has 1 N–H and O–H groups in total. The number of hydrogen-bond donors (Lipinski definition) is 1. The maximum Gasteiger partial charge on any atom is 0.160 e. The largest absolute Gasteiger partial charge is 0.374 e. The Balaban J connectivity index is 1.90. The fourth-order valence-electron chi connectivity index (χ4n) is 1.96. The van der Waals surface area contributed by atoms with Gasteiger partial charge in [-0.25, -0.2) is 0 Å². The molecular weight excluding hydrogens is 306 g/mol. The van der Waals surface area contributed by atoms with E-state index < -0.39 is 0 Å². The molecule has 0 saturated heterocycles. The van der Waals surface area contributed by atoms with E-state index in [1.165, 1.54) is 0 Å². The van der Waals surface area contributed by atoms with Crippen molar-refractivity contribution in [3.8, 4) is 0 Å². The highest BCUT2D eigenvalue weighted by Gasteiger charge is 2.13. The third kappa shape index (κ3) is 2.44. The first-order valence-electron chi connectivity index (χ1n) is 5.91. The van der Waals surface area contributed by atoms with Crippen LogP contribution >= 0.6 is 15.9 Å². The fourth-order valence-corrected chi connectivity index (χ4v) is 2.33. The molecule has 0 aliphatic heterocycles. The van der Waals surface area contributed by atoms with E-state index in [0.29, 0.717) is 0 Å². The van der Waals surface area contributed by atoms with E-state index in [2.05, 4.69) is 36.4 Å². The van der Waals surface area contributed by atoms with E-state index in [-0.39, 0.29) is 6.04 Å². The average molecular weight is 318 g/mol. The van der Waals surface area contributed by atoms with Crippen molar-refractivity contribution in [2.75, 3.05) is 5.32 Å². The third-order valence-corrected chi connectivity index (χ3v) is 3.25. The molecule has 0 aromatic carbocycles. The maximum absolute atomic E-state index is 4.23. The van der Waals surface area contributed by atoms with Crippen LogP contribution < -0.4 is 5.32 Å². The lowest BCUT2D eigenvalue weighted by Gasteiger charge is -2.13. The summed E-state index contributed by atoms with van der Waals surface area (Å²) >= 11 is 3.40. The predicted molar refractivity (Wildman–Crippen MR) is 77.0 cm³/mol. The second-order valence-corrected chi connectivity index (χ2v) is 5.16. The maximum atomic E-state index is 4.23. The van der Waals surface area contributed by atoms with Gasteiger partial charge in [-0.05, 0) is 41.1 Å². The zero-order chi connectivity index (χ0) is 13.2. The van der Waals surface area contributed by atoms with Gasteiger partial charge in [0.15, 0.2) is 11.5 Å². The van der Waals surface area contributed by atoms with Crippen molar-refractivity contribution >= 4 is 27.3 Å². The number of halogens is 1. The minimum atomic E-state index is 0.0356. The van der Waals surface area contributed by atoms with Crippen LogP contribution in [0, 0.1) is 0 Å². The van der Waals surface area contributed by atoms with E-state index in [1.54, 1.807) is 12.4 Å². The fraction of sp³-hybridized carbons (Fsp3) is 0.154. The molecule has 0 fully saturated rings. The van der Waals surface area contributed by atoms with Gasteiger partial charge < -0.3 is 5.32 Å². The second-order valence-electron chi connectivity index (χ2n) is 4.24. The van der Waals surface area contributed by atoms with Gasteiger partial charge in [0.1, 0.15) is 0 Å². The first-order valence-corrected chi connectivity index (χ1v) is 6.70. The van der Waals surface area contributed by atoms with Crippen LogP contribution in [0.15, 0.2) is 47.3 Å². The second kappa shape index (κ2) is 4.97. The molecule has 0 aliphatic rings. The number of hydrogen-bond acceptors (Lipinski definition) is 4. The SMILES string of the molecule is CC(Nc1cncc(Br)c1)c1nnc2ccccn12. The van der Waals surface area contributed by atoms with Crippen LogP contribution in [-0.4, -0.2) is 19.6 Å². The first kappa shape index (κ1) is 12.1. The van der Waals surface area contributed by atoms with E-state index in [9.17, 15) is 0 Å². The summed E-state index contributed by atoms with van der Waals surface area (Å²) in [6.45, 7) is 2.05. The van der Waals surface area contributed by atoms with Crippen LogP contribution in [0.2, 0.25) is 0 Å². The first-order chi connectivity index (χ1) is 9.24. The van der Waals surface area contributed by atoms with Crippen LogP contribution in [0.5, 0.6) is 0 Å². The summed E-state index contributed by atoms with van der Waals surface area (Å²) < 4.78 is 2.92. The molecule has 0 spiro atoms. The van der Waals surface area contributed by atoms with Gasteiger partial charge in [0.25, 0.3) is 0 Å². The quantitative estimate of drug-likeness (QED) is 0.806. The van der Waals surface area contributed by atoms with Gasteiger partial charge in [0.05, 0.1) is 17.9 Å². The van der Waals surface area contributed by atoms with Crippen molar-refractivity contribution in [2.45, 2.75) is 13.0 Å². The minimum Gasteiger partial charge on any atom is -0.374 e. The summed E-state index contributed by atoms with van der Waals surface area (Å²) in [4.78, 5) is 4.13. The van der Waals surface area contributed by atoms with Crippen molar-refractivity contribution in [2.24, 2.45) is 0 Å². The summed E-state index contributed by atoms with van der Waals surface area (Å²) in [6, 6.07) is 7.86. The average Bonchev–Trinajstić information content (AvgIpc) is 2.82. The summed E-state index contributed by atoms with van der Waals surface area (Å²) in [5.41, 5.74) is 1.79. The molecule has 96 valence electrons. The molecule has 3 rings (SSSR count). The lowest BCUT2D eigenvalue weighted by molar-refractivity contribution is 0.772. The molecule has 5 nitrogen and oxygen atoms in total. The molecular formula is C13H12BrN5. The molecule has 0 radical (unpaired) electrons. The Morgan fingerprint density at radius 1 is 1.26 bits per heavy atom. The van der Waals surface area contributed by atoms with Crippen molar-refractivity contribution in [3.05, 3.63) is 53.2 Å². The number of fused-ring (bicyclic) bond motifs is 1. The summed E-state index contributed by atoms with van der Waals surface area (Å²) in [5, 5.41) is 11.7. The van der Waals surface area contributed by atoms with Gasteiger partial charge in [0, 0.05) is 16.9 Å². The summed E-state index contributed by atoms with van der Waals surface area (Å²) in [6.07, 6.45) is 5.49. The highest BCUT2D eigenvalue weighted by atomic mass is 79.9. The number of aromatic nitrogens is 4. The molecule has 1 unspecified atom stereocenters. The molecule has 0 amide bonds. The van der Waals surface area contributed by atoms with E-state index in [0.717, 1.165) is 21.6 Å². The highest BCUT2D eigenvalue weighted by molar-refractivity contribution is 9.10. The summed E-state index contributed by atoms with van der Waals surface area (Å²) in [7, 11) is 0. The van der Waals surface area contributed by atoms with Gasteiger partial charge in [-0.15, -0.1) is 10.2 Å². The topological polar surface area (TPSA) is 55.1 Å². The Bertz CT molecular complexity index is 709. The van der Waals surface area contributed by atoms with Crippen molar-refractivity contribution in [1.82, 2.24) is 19.6 Å². The zero-order valence-corrected chi connectivity index (χ0v) is 11.9. The Hall–Kier alpha value is -1.95. The lowest BCUT2D eigenvalue weighted by atomic mass is 10.3. The number of nitrogens with one attached hydrogen (secondary N) is 1. The third-order valence-electron chi connectivity index (χ3n) is 2.82. The van der Waals surface area contributed by atoms with Crippen LogP contribution in [0.4, 0.5) is 5.69 Å². The monoisotopic (exact) mass is 317 g/mol. The van der Waals surface area contributed by atoms with Gasteiger partial charge in [-0.2, -0.15) is 0 Å². The van der Waals surface area contributed by atoms with Gasteiger partial charge in [-0.3, -0.25) is 9.38 Å². The molecule has 0 bridgehead atoms. The molecule has 3 aromatic heterocycles. The Labute approximate surface area is 118 Å². The Morgan fingerprint density at radius 3 is 3.00 bits per heavy atom. The van der Waals surface area contributed by atoms with Gasteiger partial charge in [0.2, 0.25) is 0 Å². The van der Waals surface area contributed by atoms with Crippen molar-refractivity contribution in [3.63, 3.8) is 0 Å².